The zero-order valence-electron chi connectivity index (χ0n) is 12.4. The third-order valence-corrected chi connectivity index (χ3v) is 2.88. The van der Waals surface area contributed by atoms with E-state index in [4.69, 9.17) is 9.47 Å². The third-order valence-electron chi connectivity index (χ3n) is 2.88. The summed E-state index contributed by atoms with van der Waals surface area (Å²) in [5.74, 6) is -1.17. The van der Waals surface area contributed by atoms with Crippen LogP contribution in [0, 0.1) is 5.82 Å². The molecule has 0 heterocycles. The van der Waals surface area contributed by atoms with Crippen molar-refractivity contribution in [1.82, 2.24) is 0 Å². The van der Waals surface area contributed by atoms with Gasteiger partial charge in [0.25, 0.3) is 0 Å². The van der Waals surface area contributed by atoms with Crippen LogP contribution in [0.25, 0.3) is 0 Å². The Kier molecular flexibility index (Phi) is 7.43. The summed E-state index contributed by atoms with van der Waals surface area (Å²) in [5.41, 5.74) is 0.341. The van der Waals surface area contributed by atoms with Crippen molar-refractivity contribution in [2.75, 3.05) is 6.61 Å². The number of rotatable bonds is 8. The Hall–Kier alpha value is -1.91. The molecule has 0 aromatic heterocycles. The lowest BCUT2D eigenvalue weighted by Gasteiger charge is -2.14. The highest BCUT2D eigenvalue weighted by Crippen LogP contribution is 2.20. The van der Waals surface area contributed by atoms with Crippen molar-refractivity contribution in [3.63, 3.8) is 0 Å². The SMILES string of the molecule is CCCOC(=O)CCCC(=O)OC(C)c1ccccc1F. The monoisotopic (exact) mass is 296 g/mol. The summed E-state index contributed by atoms with van der Waals surface area (Å²) in [6.07, 6.45) is 0.786. The van der Waals surface area contributed by atoms with E-state index in [0.717, 1.165) is 6.42 Å². The molecule has 1 aromatic rings. The van der Waals surface area contributed by atoms with Crippen molar-refractivity contribution in [2.24, 2.45) is 0 Å². The minimum Gasteiger partial charge on any atom is -0.466 e. The smallest absolute Gasteiger partial charge is 0.306 e. The number of hydrogen-bond acceptors (Lipinski definition) is 4. The van der Waals surface area contributed by atoms with Gasteiger partial charge in [-0.2, -0.15) is 0 Å². The summed E-state index contributed by atoms with van der Waals surface area (Å²) in [6, 6.07) is 6.17. The highest BCUT2D eigenvalue weighted by Gasteiger charge is 2.15. The first-order valence-corrected chi connectivity index (χ1v) is 7.14. The molecule has 0 bridgehead atoms. The van der Waals surface area contributed by atoms with Gasteiger partial charge in [0.1, 0.15) is 11.9 Å². The van der Waals surface area contributed by atoms with E-state index < -0.39 is 17.9 Å². The Balaban J connectivity index is 2.31. The van der Waals surface area contributed by atoms with Crippen LogP contribution in [-0.2, 0) is 19.1 Å². The fourth-order valence-electron chi connectivity index (χ4n) is 1.79. The van der Waals surface area contributed by atoms with Crippen LogP contribution in [0.3, 0.4) is 0 Å². The van der Waals surface area contributed by atoms with Crippen molar-refractivity contribution in [2.45, 2.75) is 45.6 Å². The van der Waals surface area contributed by atoms with E-state index in [1.165, 1.54) is 6.07 Å². The summed E-state index contributed by atoms with van der Waals surface area (Å²) in [7, 11) is 0. The summed E-state index contributed by atoms with van der Waals surface area (Å²) in [5, 5.41) is 0. The first-order valence-electron chi connectivity index (χ1n) is 7.14. The van der Waals surface area contributed by atoms with Gasteiger partial charge in [0, 0.05) is 18.4 Å². The molecule has 0 aliphatic heterocycles. The van der Waals surface area contributed by atoms with E-state index in [2.05, 4.69) is 0 Å². The molecule has 116 valence electrons. The molecule has 0 spiro atoms. The van der Waals surface area contributed by atoms with Crippen LogP contribution in [0.4, 0.5) is 4.39 Å². The van der Waals surface area contributed by atoms with Crippen LogP contribution in [0.2, 0.25) is 0 Å². The Morgan fingerprint density at radius 2 is 1.86 bits per heavy atom. The molecule has 0 aliphatic rings. The second kappa shape index (κ2) is 9.10. The van der Waals surface area contributed by atoms with E-state index >= 15 is 0 Å². The maximum atomic E-state index is 13.5. The fourth-order valence-corrected chi connectivity index (χ4v) is 1.79. The van der Waals surface area contributed by atoms with E-state index in [1.807, 2.05) is 6.92 Å². The topological polar surface area (TPSA) is 52.6 Å². The highest BCUT2D eigenvalue weighted by atomic mass is 19.1. The molecular formula is C16H21FO4. The average molecular weight is 296 g/mol. The summed E-state index contributed by atoms with van der Waals surface area (Å²) < 4.78 is 23.6. The zero-order chi connectivity index (χ0) is 15.7. The van der Waals surface area contributed by atoms with E-state index in [1.54, 1.807) is 25.1 Å². The Labute approximate surface area is 124 Å². The van der Waals surface area contributed by atoms with Crippen molar-refractivity contribution in [1.29, 1.82) is 0 Å². The fraction of sp³-hybridized carbons (Fsp3) is 0.500. The van der Waals surface area contributed by atoms with Crippen molar-refractivity contribution < 1.29 is 23.5 Å². The third kappa shape index (κ3) is 6.38. The van der Waals surface area contributed by atoms with Crippen molar-refractivity contribution >= 4 is 11.9 Å². The molecule has 0 N–H and O–H groups in total. The minimum absolute atomic E-state index is 0.111. The van der Waals surface area contributed by atoms with Gasteiger partial charge in [-0.3, -0.25) is 9.59 Å². The van der Waals surface area contributed by atoms with E-state index in [9.17, 15) is 14.0 Å². The van der Waals surface area contributed by atoms with Crippen LogP contribution >= 0.6 is 0 Å². The Morgan fingerprint density at radius 3 is 2.52 bits per heavy atom. The van der Waals surface area contributed by atoms with Crippen LogP contribution in [-0.4, -0.2) is 18.5 Å². The number of halogens is 1. The second-order valence-corrected chi connectivity index (χ2v) is 4.73. The number of hydrogen-bond donors (Lipinski definition) is 0. The number of benzene rings is 1. The van der Waals surface area contributed by atoms with Crippen LogP contribution in [0.5, 0.6) is 0 Å². The minimum atomic E-state index is -0.647. The Bertz CT molecular complexity index is 473. The van der Waals surface area contributed by atoms with Gasteiger partial charge in [0.15, 0.2) is 0 Å². The van der Waals surface area contributed by atoms with Gasteiger partial charge < -0.3 is 9.47 Å². The van der Waals surface area contributed by atoms with Crippen LogP contribution in [0.1, 0.15) is 51.2 Å². The average Bonchev–Trinajstić information content (AvgIpc) is 2.45. The first-order chi connectivity index (χ1) is 10.0. The maximum absolute atomic E-state index is 13.5. The summed E-state index contributed by atoms with van der Waals surface area (Å²) in [6.45, 7) is 3.92. The molecule has 1 unspecified atom stereocenters. The molecule has 4 nitrogen and oxygen atoms in total. The van der Waals surface area contributed by atoms with Crippen molar-refractivity contribution in [3.05, 3.63) is 35.6 Å². The molecule has 1 aromatic carbocycles. The number of ether oxygens (including phenoxy) is 2. The molecule has 21 heavy (non-hydrogen) atoms. The quantitative estimate of drug-likeness (QED) is 0.688. The van der Waals surface area contributed by atoms with Gasteiger partial charge in [-0.25, -0.2) is 4.39 Å². The molecule has 0 radical (unpaired) electrons. The summed E-state index contributed by atoms with van der Waals surface area (Å²) >= 11 is 0. The largest absolute Gasteiger partial charge is 0.466 e. The lowest BCUT2D eigenvalue weighted by Crippen LogP contribution is -2.11. The molecule has 0 aliphatic carbocycles. The number of carbonyl (C=O) groups is 2. The van der Waals surface area contributed by atoms with Crippen LogP contribution in [0.15, 0.2) is 24.3 Å². The maximum Gasteiger partial charge on any atom is 0.306 e. The van der Waals surface area contributed by atoms with Crippen LogP contribution < -0.4 is 0 Å². The molecule has 0 fully saturated rings. The van der Waals surface area contributed by atoms with Gasteiger partial charge in [-0.15, -0.1) is 0 Å². The highest BCUT2D eigenvalue weighted by molar-refractivity contribution is 5.72. The van der Waals surface area contributed by atoms with Gasteiger partial charge in [-0.05, 0) is 25.8 Å². The van der Waals surface area contributed by atoms with Gasteiger partial charge in [0.05, 0.1) is 6.61 Å². The van der Waals surface area contributed by atoms with E-state index in [-0.39, 0.29) is 18.8 Å². The molecule has 1 atom stereocenters. The van der Waals surface area contributed by atoms with E-state index in [0.29, 0.717) is 18.6 Å². The van der Waals surface area contributed by atoms with Crippen molar-refractivity contribution in [3.8, 4) is 0 Å². The van der Waals surface area contributed by atoms with Gasteiger partial charge in [0.2, 0.25) is 0 Å². The zero-order valence-corrected chi connectivity index (χ0v) is 12.4. The first kappa shape index (κ1) is 17.1. The molecule has 0 saturated heterocycles. The molecule has 5 heteroatoms. The standard InChI is InChI=1S/C16H21FO4/c1-3-11-20-15(18)9-6-10-16(19)21-12(2)13-7-4-5-8-14(13)17/h4-5,7-8,12H,3,6,9-11H2,1-2H3. The Morgan fingerprint density at radius 1 is 1.19 bits per heavy atom. The molecule has 0 amide bonds. The second-order valence-electron chi connectivity index (χ2n) is 4.73. The normalized spacial score (nSPS) is 11.8. The number of esters is 2. The van der Waals surface area contributed by atoms with Gasteiger partial charge >= 0.3 is 11.9 Å². The molecule has 1 rings (SSSR count). The lowest BCUT2D eigenvalue weighted by molar-refractivity contribution is -0.149. The predicted molar refractivity (Wildman–Crippen MR) is 76.0 cm³/mol. The predicted octanol–water partition coefficient (Wildman–Crippen LogP) is 3.55. The van der Waals surface area contributed by atoms with Gasteiger partial charge in [-0.1, -0.05) is 25.1 Å². The summed E-state index contributed by atoms with van der Waals surface area (Å²) in [4.78, 5) is 22.9. The lowest BCUT2D eigenvalue weighted by atomic mass is 10.1. The molecular weight excluding hydrogens is 275 g/mol. The number of carbonyl (C=O) groups excluding carboxylic acids is 2. The molecule has 0 saturated carbocycles.